The van der Waals surface area contributed by atoms with Crippen molar-refractivity contribution in [2.45, 2.75) is 0 Å². The molecule has 0 aliphatic heterocycles. The molecule has 4 unspecified atom stereocenters. The van der Waals surface area contributed by atoms with Crippen LogP contribution in [0.15, 0.2) is 122 Å². The van der Waals surface area contributed by atoms with Gasteiger partial charge in [0.25, 0.3) is 0 Å². The lowest BCUT2D eigenvalue weighted by atomic mass is 10.5. The first-order chi connectivity index (χ1) is 17.8. The lowest BCUT2D eigenvalue weighted by molar-refractivity contribution is -0.507. The molecule has 0 aromatic carbocycles. The quantitative estimate of drug-likeness (QED) is 0.160. The van der Waals surface area contributed by atoms with Crippen molar-refractivity contribution in [2.24, 2.45) is 0 Å². The maximum atomic E-state index is 5.59. The second-order valence-electron chi connectivity index (χ2n) is 7.06. The van der Waals surface area contributed by atoms with Gasteiger partial charge in [-0.3, -0.25) is 0 Å². The minimum atomic E-state index is -2.26. The molecule has 0 saturated carbocycles. The third kappa shape index (κ3) is 10.2. The first-order valence-corrected chi connectivity index (χ1v) is 29.5. The zero-order chi connectivity index (χ0) is 27.9. The highest BCUT2D eigenvalue weighted by atomic mass is 33.5. The van der Waals surface area contributed by atoms with E-state index in [1.165, 1.54) is 22.0 Å². The Labute approximate surface area is 273 Å². The van der Waals surface area contributed by atoms with Gasteiger partial charge in [-0.15, -0.1) is 0 Å². The van der Waals surface area contributed by atoms with Gasteiger partial charge in [-0.25, -0.2) is 0 Å². The van der Waals surface area contributed by atoms with Crippen LogP contribution < -0.4 is 17.4 Å². The van der Waals surface area contributed by atoms with Crippen molar-refractivity contribution in [1.82, 2.24) is 0 Å². The van der Waals surface area contributed by atoms with Gasteiger partial charge in [-0.1, -0.05) is 24.3 Å². The summed E-state index contributed by atoms with van der Waals surface area (Å²) >= 11 is 47.6. The smallest absolute Gasteiger partial charge is 0.169 e. The summed E-state index contributed by atoms with van der Waals surface area (Å²) in [5, 5.41) is 0. The van der Waals surface area contributed by atoms with E-state index in [0.717, 1.165) is 0 Å². The van der Waals surface area contributed by atoms with E-state index < -0.39 is 18.4 Å². The molecule has 4 atom stereocenters. The lowest BCUT2D eigenvalue weighted by Gasteiger charge is -2.28. The second-order valence-corrected chi connectivity index (χ2v) is 44.2. The van der Waals surface area contributed by atoms with Gasteiger partial charge in [0.1, 0.15) is 18.4 Å². The van der Waals surface area contributed by atoms with Crippen molar-refractivity contribution < 1.29 is 17.4 Å². The van der Waals surface area contributed by atoms with Crippen LogP contribution in [0, 0.1) is 0 Å². The Hall–Kier alpha value is 1.30. The number of hydrogen-bond acceptors (Lipinski definition) is 10. The summed E-state index contributed by atoms with van der Waals surface area (Å²) in [5.74, 6) is 0. The molecule has 0 radical (unpaired) electrons. The summed E-state index contributed by atoms with van der Waals surface area (Å²) < 4.78 is -1.49. The molecule has 4 heterocycles. The number of aromatic nitrogens is 4. The van der Waals surface area contributed by atoms with Crippen molar-refractivity contribution in [3.8, 4) is 0 Å². The van der Waals surface area contributed by atoms with Gasteiger partial charge in [0.05, 0.1) is 0 Å². The summed E-state index contributed by atoms with van der Waals surface area (Å²) in [5.41, 5.74) is 0. The molecule has 0 saturated heterocycles. The average Bonchev–Trinajstić information content (AvgIpc) is 2.90. The summed E-state index contributed by atoms with van der Waals surface area (Å²) in [4.78, 5) is 0. The van der Waals surface area contributed by atoms with Gasteiger partial charge in [-0.05, 0) is 69.2 Å². The van der Waals surface area contributed by atoms with Crippen molar-refractivity contribution in [1.29, 1.82) is 0 Å². The monoisotopic (exact) mass is 760 g/mol. The Morgan fingerprint density at radius 1 is 0.342 bits per heavy atom. The van der Waals surface area contributed by atoms with Crippen LogP contribution in [0.2, 0.25) is 0 Å². The van der Waals surface area contributed by atoms with Crippen LogP contribution >= 0.6 is 40.4 Å². The Bertz CT molecular complexity index is 1300. The van der Waals surface area contributed by atoms with Crippen molar-refractivity contribution >= 4 is 137 Å². The number of pyridine rings is 4. The fourth-order valence-corrected chi connectivity index (χ4v) is 49.6. The molecule has 4 aromatic rings. The molecule has 200 valence electrons. The van der Waals surface area contributed by atoms with E-state index in [1.807, 2.05) is 140 Å². The fourth-order valence-electron chi connectivity index (χ4n) is 2.64. The highest BCUT2D eigenvalue weighted by Gasteiger charge is 2.24. The van der Waals surface area contributed by atoms with Crippen LogP contribution in [-0.2, 0) is 96.2 Å². The second kappa shape index (κ2) is 15.2. The van der Waals surface area contributed by atoms with E-state index in [-0.39, 0.29) is 0 Å². The van der Waals surface area contributed by atoms with Crippen LogP contribution in [-0.4, -0.2) is 0 Å². The maximum Gasteiger partial charge on any atom is 0.169 e. The Morgan fingerprint density at radius 3 is 0.658 bits per heavy atom. The first-order valence-electron chi connectivity index (χ1n) is 10.4. The van der Waals surface area contributed by atoms with E-state index in [0.29, 0.717) is 0 Å². The van der Waals surface area contributed by atoms with Gasteiger partial charge in [-0.2, -0.15) is 17.4 Å². The third-order valence-electron chi connectivity index (χ3n) is 4.34. The number of hydrogen-bond donors (Lipinski definition) is 0. The summed E-state index contributed by atoms with van der Waals surface area (Å²) in [6, 6.07) is 23.0. The molecular weight excluding hydrogens is 741 g/mol. The Morgan fingerprint density at radius 2 is 0.500 bits per heavy atom. The molecule has 38 heavy (non-hydrogen) atoms. The molecule has 4 nitrogen and oxygen atoms in total. The zero-order valence-corrected chi connectivity index (χ0v) is 30.9. The summed E-state index contributed by atoms with van der Waals surface area (Å²) in [6.45, 7) is 0. The van der Waals surface area contributed by atoms with Gasteiger partial charge >= 0.3 is 0 Å². The van der Waals surface area contributed by atoms with Crippen LogP contribution in [0.5, 0.6) is 0 Å². The van der Waals surface area contributed by atoms with E-state index in [2.05, 4.69) is 0 Å². The predicted octanol–water partition coefficient (Wildman–Crippen LogP) is 5.87. The molecule has 0 amide bonds. The van der Waals surface area contributed by atoms with Crippen LogP contribution in [0.3, 0.4) is 0 Å². The van der Waals surface area contributed by atoms with Crippen molar-refractivity contribution in [3.63, 3.8) is 0 Å². The standard InChI is InChI=1S/2C10H10N2P2S5/c2*15-13(16,11-7-3-1-4-8-11)19-14(17,18)12-9-5-2-6-10-12/h2*1-10H. The molecule has 0 fully saturated rings. The Balaban J connectivity index is 0.000000211. The van der Waals surface area contributed by atoms with Crippen LogP contribution in [0.25, 0.3) is 0 Å². The molecule has 4 rings (SSSR count). The van der Waals surface area contributed by atoms with Crippen molar-refractivity contribution in [2.75, 3.05) is 0 Å². The topological polar surface area (TPSA) is 15.5 Å². The lowest BCUT2D eigenvalue weighted by Crippen LogP contribution is -2.30. The minimum Gasteiger partial charge on any atom is -0.665 e. The third-order valence-corrected chi connectivity index (χ3v) is 39.6. The normalized spacial score (nSPS) is 17.4. The van der Waals surface area contributed by atoms with Gasteiger partial charge in [0, 0.05) is 48.5 Å². The van der Waals surface area contributed by atoms with E-state index in [1.54, 1.807) is 0 Å². The van der Waals surface area contributed by atoms with Crippen LogP contribution in [0.4, 0.5) is 0 Å². The number of nitrogens with zero attached hydrogens (tertiary/aromatic N) is 4. The van der Waals surface area contributed by atoms with E-state index >= 15 is 0 Å². The predicted molar refractivity (Wildman–Crippen MR) is 190 cm³/mol. The minimum absolute atomic E-state index is 1.42. The van der Waals surface area contributed by atoms with Gasteiger partial charge < -0.3 is 49.0 Å². The average molecular weight is 761 g/mol. The molecule has 0 bridgehead atoms. The highest BCUT2D eigenvalue weighted by molar-refractivity contribution is 9.16. The molecule has 18 heteroatoms. The SMILES string of the molecule is S=P([S-])(SP(=S)([S-])[n+]1ccccc1)[n+]1ccccc1.S=P([S-])(SP(=S)([S-])[n+]1ccccc1)[n+]1ccccc1. The highest BCUT2D eigenvalue weighted by Crippen LogP contribution is 2.72. The summed E-state index contributed by atoms with van der Waals surface area (Å²) in [7, 11) is 0. The first kappa shape index (κ1) is 33.8. The molecule has 0 N–H and O–H groups in total. The van der Waals surface area contributed by atoms with Gasteiger partial charge in [0.2, 0.25) is 0 Å². The van der Waals surface area contributed by atoms with E-state index in [9.17, 15) is 0 Å². The molecular formula is C20H20N4P4S10. The largest absolute Gasteiger partial charge is 0.665 e. The van der Waals surface area contributed by atoms with Gasteiger partial charge in [0.15, 0.2) is 49.6 Å². The molecule has 4 aromatic heterocycles. The van der Waals surface area contributed by atoms with Crippen LogP contribution in [0.1, 0.15) is 0 Å². The number of rotatable bonds is 8. The van der Waals surface area contributed by atoms with E-state index in [4.69, 9.17) is 96.2 Å². The zero-order valence-electron chi connectivity index (χ0n) is 19.2. The molecule has 0 aliphatic rings. The van der Waals surface area contributed by atoms with Crippen molar-refractivity contribution in [3.05, 3.63) is 122 Å². The maximum absolute atomic E-state index is 5.59. The molecule has 0 aliphatic carbocycles. The molecule has 0 spiro atoms. The Kier molecular flexibility index (Phi) is 13.5. The fraction of sp³-hybridized carbons (Fsp3) is 0. The summed E-state index contributed by atoms with van der Waals surface area (Å²) in [6.07, 6.45) is 15.1.